The van der Waals surface area contributed by atoms with Crippen LogP contribution in [0.4, 0.5) is 5.69 Å². The van der Waals surface area contributed by atoms with E-state index in [2.05, 4.69) is 20.6 Å². The van der Waals surface area contributed by atoms with Gasteiger partial charge in [0, 0.05) is 30.7 Å². The van der Waals surface area contributed by atoms with E-state index < -0.39 is 6.10 Å². The van der Waals surface area contributed by atoms with Crippen molar-refractivity contribution in [1.29, 1.82) is 0 Å². The highest BCUT2D eigenvalue weighted by Crippen LogP contribution is 2.24. The van der Waals surface area contributed by atoms with Crippen LogP contribution in [0.15, 0.2) is 41.5 Å². The zero-order chi connectivity index (χ0) is 19.5. The van der Waals surface area contributed by atoms with Crippen LogP contribution in [0, 0.1) is 0 Å². The van der Waals surface area contributed by atoms with E-state index in [1.165, 1.54) is 6.42 Å². The lowest BCUT2D eigenvalue weighted by Crippen LogP contribution is -2.40. The van der Waals surface area contributed by atoms with Crippen LogP contribution in [0.1, 0.15) is 40.9 Å². The van der Waals surface area contributed by atoms with E-state index in [9.17, 15) is 15.0 Å². The molecule has 0 spiro atoms. The number of carbonyl (C=O) groups is 1. The Morgan fingerprint density at radius 2 is 2.11 bits per heavy atom. The van der Waals surface area contributed by atoms with E-state index in [1.54, 1.807) is 30.6 Å². The van der Waals surface area contributed by atoms with Gasteiger partial charge in [-0.1, -0.05) is 6.07 Å². The molecule has 1 saturated carbocycles. The zero-order valence-electron chi connectivity index (χ0n) is 15.5. The molecule has 7 nitrogen and oxygen atoms in total. The van der Waals surface area contributed by atoms with Crippen molar-refractivity contribution < 1.29 is 15.0 Å². The van der Waals surface area contributed by atoms with Crippen molar-refractivity contribution >= 4 is 17.8 Å². The molecule has 4 N–H and O–H groups in total. The van der Waals surface area contributed by atoms with Gasteiger partial charge in [0.2, 0.25) is 0 Å². The minimum atomic E-state index is -0.807. The van der Waals surface area contributed by atoms with Gasteiger partial charge >= 0.3 is 0 Å². The highest BCUT2D eigenvalue weighted by molar-refractivity contribution is 5.93. The van der Waals surface area contributed by atoms with E-state index in [1.807, 2.05) is 12.1 Å². The lowest BCUT2D eigenvalue weighted by Gasteiger charge is -2.27. The van der Waals surface area contributed by atoms with Gasteiger partial charge in [-0.25, -0.2) is 0 Å². The average Bonchev–Trinajstić information content (AvgIpc) is 2.68. The first-order valence-electron chi connectivity index (χ1n) is 9.62. The fraction of sp³-hybridized carbons (Fsp3) is 0.381. The van der Waals surface area contributed by atoms with Gasteiger partial charge in [-0.05, 0) is 61.1 Å². The molecule has 1 aliphatic heterocycles. The number of carbonyl (C=O) groups excluding carboxylic acids is 1. The summed E-state index contributed by atoms with van der Waals surface area (Å²) in [5.74, 6) is -0.126. The molecule has 1 aliphatic carbocycles. The number of aliphatic hydroxyl groups excluding tert-OH is 1. The minimum absolute atomic E-state index is 0.0935. The third kappa shape index (κ3) is 4.14. The summed E-state index contributed by atoms with van der Waals surface area (Å²) in [5.41, 5.74) is 3.08. The molecule has 1 aromatic carbocycles. The van der Waals surface area contributed by atoms with E-state index in [-0.39, 0.29) is 24.2 Å². The van der Waals surface area contributed by atoms with Crippen molar-refractivity contribution in [3.8, 4) is 5.75 Å². The Balaban J connectivity index is 1.32. The molecule has 2 atom stereocenters. The molecule has 28 heavy (non-hydrogen) atoms. The van der Waals surface area contributed by atoms with Crippen LogP contribution in [0.25, 0.3) is 0 Å². The van der Waals surface area contributed by atoms with Gasteiger partial charge in [0.15, 0.2) is 0 Å². The minimum Gasteiger partial charge on any atom is -0.508 e. The molecule has 146 valence electrons. The Labute approximate surface area is 163 Å². The number of anilines is 1. The average molecular weight is 380 g/mol. The largest absolute Gasteiger partial charge is 0.508 e. The normalized spacial score (nSPS) is 19.4. The Kier molecular flexibility index (Phi) is 5.25. The highest BCUT2D eigenvalue weighted by atomic mass is 16.3. The zero-order valence-corrected chi connectivity index (χ0v) is 15.5. The topological polar surface area (TPSA) is 107 Å². The third-order valence-electron chi connectivity index (χ3n) is 5.35. The number of benzene rings is 1. The summed E-state index contributed by atoms with van der Waals surface area (Å²) in [4.78, 5) is 20.9. The SMILES string of the molecule is O=C(NC[C@@H](O)C1Cc2ccc(O)cc2C=N1)c1cc(NC2CCC2)ccn1. The van der Waals surface area contributed by atoms with Crippen LogP contribution in [-0.4, -0.2) is 52.1 Å². The van der Waals surface area contributed by atoms with Crippen molar-refractivity contribution in [1.82, 2.24) is 10.3 Å². The van der Waals surface area contributed by atoms with Crippen LogP contribution < -0.4 is 10.6 Å². The Bertz CT molecular complexity index is 895. The number of hydrogen-bond donors (Lipinski definition) is 4. The van der Waals surface area contributed by atoms with Crippen LogP contribution in [0.2, 0.25) is 0 Å². The summed E-state index contributed by atoms with van der Waals surface area (Å²) in [6.45, 7) is 0.0935. The number of fused-ring (bicyclic) bond motifs is 1. The lowest BCUT2D eigenvalue weighted by atomic mass is 9.93. The highest BCUT2D eigenvalue weighted by Gasteiger charge is 2.24. The Morgan fingerprint density at radius 1 is 1.25 bits per heavy atom. The monoisotopic (exact) mass is 380 g/mol. The van der Waals surface area contributed by atoms with Crippen molar-refractivity contribution in [3.05, 3.63) is 53.3 Å². The number of phenols is 1. The first kappa shape index (κ1) is 18.4. The molecular formula is C21H24N4O3. The van der Waals surface area contributed by atoms with Gasteiger partial charge in [-0.15, -0.1) is 0 Å². The number of aliphatic hydroxyl groups is 1. The Hall–Kier alpha value is -2.93. The first-order valence-corrected chi connectivity index (χ1v) is 9.62. The van der Waals surface area contributed by atoms with Crippen LogP contribution >= 0.6 is 0 Å². The van der Waals surface area contributed by atoms with Crippen molar-refractivity contribution in [2.45, 2.75) is 43.9 Å². The van der Waals surface area contributed by atoms with Gasteiger partial charge in [-0.3, -0.25) is 14.8 Å². The first-order chi connectivity index (χ1) is 13.6. The fourth-order valence-corrected chi connectivity index (χ4v) is 3.43. The Morgan fingerprint density at radius 3 is 2.89 bits per heavy atom. The van der Waals surface area contributed by atoms with Crippen LogP contribution in [0.3, 0.4) is 0 Å². The van der Waals surface area contributed by atoms with Crippen LogP contribution in [-0.2, 0) is 6.42 Å². The molecule has 0 bridgehead atoms. The van der Waals surface area contributed by atoms with Crippen molar-refractivity contribution in [3.63, 3.8) is 0 Å². The quantitative estimate of drug-likeness (QED) is 0.612. The number of nitrogens with one attached hydrogen (secondary N) is 2. The standard InChI is InChI=1S/C21H24N4O3/c26-17-5-4-13-9-18(23-11-14(13)8-17)20(27)12-24-21(28)19-10-16(6-7-22-19)25-15-2-1-3-15/h4-8,10-11,15,18,20,26-27H,1-3,9,12H2,(H,22,25)(H,24,28)/t18?,20-/m1/s1. The number of phenolic OH excluding ortho intramolecular Hbond substituents is 1. The molecule has 7 heteroatoms. The predicted molar refractivity (Wildman–Crippen MR) is 107 cm³/mol. The number of rotatable bonds is 6. The van der Waals surface area contributed by atoms with Crippen molar-refractivity contribution in [2.75, 3.05) is 11.9 Å². The van der Waals surface area contributed by atoms with E-state index in [0.717, 1.165) is 29.7 Å². The number of amides is 1. The van der Waals surface area contributed by atoms with Gasteiger partial charge in [-0.2, -0.15) is 0 Å². The number of pyridine rings is 1. The summed E-state index contributed by atoms with van der Waals surface area (Å²) in [7, 11) is 0. The van der Waals surface area contributed by atoms with Gasteiger partial charge < -0.3 is 20.8 Å². The number of hydrogen-bond acceptors (Lipinski definition) is 6. The van der Waals surface area contributed by atoms with Gasteiger partial charge in [0.05, 0.1) is 12.1 Å². The summed E-state index contributed by atoms with van der Waals surface area (Å²) in [6.07, 6.45) is 6.57. The van der Waals surface area contributed by atoms with E-state index in [4.69, 9.17) is 0 Å². The predicted octanol–water partition coefficient (Wildman–Crippen LogP) is 1.89. The smallest absolute Gasteiger partial charge is 0.270 e. The second-order valence-electron chi connectivity index (χ2n) is 7.41. The van der Waals surface area contributed by atoms with E-state index in [0.29, 0.717) is 18.2 Å². The summed E-state index contributed by atoms with van der Waals surface area (Å²) in [6, 6.07) is 8.85. The molecule has 2 aliphatic rings. The van der Waals surface area contributed by atoms with E-state index >= 15 is 0 Å². The maximum absolute atomic E-state index is 12.4. The number of nitrogens with zero attached hydrogens (tertiary/aromatic N) is 2. The van der Waals surface area contributed by atoms with Crippen molar-refractivity contribution in [2.24, 2.45) is 4.99 Å². The number of aliphatic imine (C=N–C) groups is 1. The molecular weight excluding hydrogens is 356 g/mol. The summed E-state index contributed by atoms with van der Waals surface area (Å²) >= 11 is 0. The number of aromatic nitrogens is 1. The maximum Gasteiger partial charge on any atom is 0.270 e. The van der Waals surface area contributed by atoms with Crippen LogP contribution in [0.5, 0.6) is 5.75 Å². The molecule has 2 heterocycles. The molecule has 0 radical (unpaired) electrons. The number of aromatic hydroxyl groups is 1. The molecule has 2 aromatic rings. The molecule has 1 amide bonds. The maximum atomic E-state index is 12.4. The van der Waals surface area contributed by atoms with Gasteiger partial charge in [0.1, 0.15) is 11.4 Å². The molecule has 0 saturated heterocycles. The second-order valence-corrected chi connectivity index (χ2v) is 7.41. The van der Waals surface area contributed by atoms with Gasteiger partial charge in [0.25, 0.3) is 5.91 Å². The third-order valence-corrected chi connectivity index (χ3v) is 5.35. The molecule has 1 aromatic heterocycles. The molecule has 4 rings (SSSR count). The second kappa shape index (κ2) is 7.98. The molecule has 1 unspecified atom stereocenters. The fourth-order valence-electron chi connectivity index (χ4n) is 3.43. The molecule has 1 fully saturated rings. The summed E-state index contributed by atoms with van der Waals surface area (Å²) < 4.78 is 0. The lowest BCUT2D eigenvalue weighted by molar-refractivity contribution is 0.0892. The summed E-state index contributed by atoms with van der Waals surface area (Å²) in [5, 5.41) is 26.1.